The van der Waals surface area contributed by atoms with Gasteiger partial charge >= 0.3 is 0 Å². The van der Waals surface area contributed by atoms with Crippen LogP contribution in [0, 0.1) is 11.3 Å². The first kappa shape index (κ1) is 12.0. The molecule has 1 unspecified atom stereocenters. The van der Waals surface area contributed by atoms with E-state index in [1.165, 1.54) is 57.8 Å². The molecular weight excluding hydrogens is 192 g/mol. The van der Waals surface area contributed by atoms with E-state index in [1.54, 1.807) is 0 Å². The number of hydrogen-bond acceptors (Lipinski definition) is 0. The predicted molar refractivity (Wildman–Crippen MR) is 71.4 cm³/mol. The van der Waals surface area contributed by atoms with Gasteiger partial charge in [-0.1, -0.05) is 63.3 Å². The van der Waals surface area contributed by atoms with E-state index in [2.05, 4.69) is 31.2 Å². The average molecular weight is 218 g/mol. The van der Waals surface area contributed by atoms with Gasteiger partial charge in [0.15, 0.2) is 0 Å². The fourth-order valence-electron chi connectivity index (χ4n) is 3.56. The summed E-state index contributed by atoms with van der Waals surface area (Å²) in [6.45, 7) is 2.32. The molecule has 0 N–H and O–H groups in total. The van der Waals surface area contributed by atoms with Crippen LogP contribution in [0.1, 0.15) is 64.7 Å². The van der Waals surface area contributed by atoms with Crippen LogP contribution >= 0.6 is 0 Å². The van der Waals surface area contributed by atoms with Gasteiger partial charge in [-0.05, 0) is 37.0 Å². The molecule has 1 atom stereocenters. The van der Waals surface area contributed by atoms with Gasteiger partial charge in [0.1, 0.15) is 0 Å². The summed E-state index contributed by atoms with van der Waals surface area (Å²) in [6.07, 6.45) is 22.3. The molecular formula is C16H26. The highest BCUT2D eigenvalue weighted by atomic mass is 14.4. The van der Waals surface area contributed by atoms with Crippen LogP contribution < -0.4 is 0 Å². The van der Waals surface area contributed by atoms with Gasteiger partial charge in [-0.15, -0.1) is 0 Å². The Morgan fingerprint density at radius 2 is 1.94 bits per heavy atom. The Kier molecular flexibility index (Phi) is 4.26. The van der Waals surface area contributed by atoms with Crippen LogP contribution in [0.3, 0.4) is 0 Å². The summed E-state index contributed by atoms with van der Waals surface area (Å²) in [7, 11) is 0. The van der Waals surface area contributed by atoms with Crippen LogP contribution in [0.5, 0.6) is 0 Å². The lowest BCUT2D eigenvalue weighted by Gasteiger charge is -2.41. The third-order valence-electron chi connectivity index (χ3n) is 4.59. The van der Waals surface area contributed by atoms with E-state index >= 15 is 0 Å². The van der Waals surface area contributed by atoms with Crippen LogP contribution in [0.15, 0.2) is 24.3 Å². The van der Waals surface area contributed by atoms with Gasteiger partial charge in [0.25, 0.3) is 0 Å². The molecule has 2 rings (SSSR count). The van der Waals surface area contributed by atoms with Crippen molar-refractivity contribution in [2.45, 2.75) is 64.7 Å². The molecule has 0 aliphatic heterocycles. The molecule has 0 radical (unpaired) electrons. The summed E-state index contributed by atoms with van der Waals surface area (Å²) in [4.78, 5) is 0. The van der Waals surface area contributed by atoms with Gasteiger partial charge < -0.3 is 0 Å². The largest absolute Gasteiger partial charge is 0.0837 e. The molecule has 0 bridgehead atoms. The van der Waals surface area contributed by atoms with Crippen molar-refractivity contribution >= 4 is 0 Å². The third kappa shape index (κ3) is 2.59. The fourth-order valence-corrected chi connectivity index (χ4v) is 3.56. The monoisotopic (exact) mass is 218 g/mol. The van der Waals surface area contributed by atoms with E-state index in [0.717, 1.165) is 5.92 Å². The maximum absolute atomic E-state index is 2.54. The van der Waals surface area contributed by atoms with Gasteiger partial charge in [0, 0.05) is 0 Å². The lowest BCUT2D eigenvalue weighted by Crippen LogP contribution is -2.31. The van der Waals surface area contributed by atoms with Crippen molar-refractivity contribution in [1.29, 1.82) is 0 Å². The number of allylic oxidation sites excluding steroid dienone is 4. The zero-order chi connectivity index (χ0) is 11.3. The van der Waals surface area contributed by atoms with Crippen molar-refractivity contribution in [3.8, 4) is 0 Å². The minimum atomic E-state index is 0.533. The molecule has 2 aliphatic carbocycles. The first-order valence-corrected chi connectivity index (χ1v) is 7.22. The first-order valence-electron chi connectivity index (χ1n) is 7.22. The highest BCUT2D eigenvalue weighted by Gasteiger charge is 2.35. The second kappa shape index (κ2) is 5.70. The Morgan fingerprint density at radius 3 is 2.56 bits per heavy atom. The van der Waals surface area contributed by atoms with Gasteiger partial charge in [0.2, 0.25) is 0 Å². The van der Waals surface area contributed by atoms with Crippen LogP contribution in [-0.4, -0.2) is 0 Å². The highest BCUT2D eigenvalue weighted by Crippen LogP contribution is 2.47. The van der Waals surface area contributed by atoms with E-state index in [0.29, 0.717) is 5.41 Å². The predicted octanol–water partition coefficient (Wildman–Crippen LogP) is 5.26. The van der Waals surface area contributed by atoms with E-state index in [-0.39, 0.29) is 0 Å². The van der Waals surface area contributed by atoms with Crippen molar-refractivity contribution in [3.05, 3.63) is 24.3 Å². The fraction of sp³-hybridized carbons (Fsp3) is 0.750. The second-order valence-electron chi connectivity index (χ2n) is 5.66. The van der Waals surface area contributed by atoms with E-state index < -0.39 is 0 Å². The van der Waals surface area contributed by atoms with Crippen molar-refractivity contribution in [1.82, 2.24) is 0 Å². The summed E-state index contributed by atoms with van der Waals surface area (Å²) in [6, 6.07) is 0. The Morgan fingerprint density at radius 1 is 1.12 bits per heavy atom. The van der Waals surface area contributed by atoms with E-state index in [9.17, 15) is 0 Å². The van der Waals surface area contributed by atoms with Crippen molar-refractivity contribution < 1.29 is 0 Å². The normalized spacial score (nSPS) is 30.8. The Bertz CT molecular complexity index is 255. The molecule has 90 valence electrons. The quantitative estimate of drug-likeness (QED) is 0.604. The maximum Gasteiger partial charge on any atom is -0.00523 e. The lowest BCUT2D eigenvalue weighted by atomic mass is 9.63. The van der Waals surface area contributed by atoms with Gasteiger partial charge in [-0.25, -0.2) is 0 Å². The second-order valence-corrected chi connectivity index (χ2v) is 5.66. The molecule has 0 amide bonds. The first-order chi connectivity index (χ1) is 7.87. The molecule has 0 aromatic heterocycles. The lowest BCUT2D eigenvalue weighted by molar-refractivity contribution is 0.155. The Labute approximate surface area is 101 Å². The van der Waals surface area contributed by atoms with Crippen molar-refractivity contribution in [2.24, 2.45) is 11.3 Å². The Hall–Kier alpha value is -0.520. The molecule has 1 saturated carbocycles. The SMILES string of the molecule is CCCCC1(C2CCCCC2)C=CC=CC1. The summed E-state index contributed by atoms with van der Waals surface area (Å²) >= 11 is 0. The Balaban J connectivity index is 2.06. The summed E-state index contributed by atoms with van der Waals surface area (Å²) < 4.78 is 0. The molecule has 16 heavy (non-hydrogen) atoms. The van der Waals surface area contributed by atoms with Crippen LogP contribution in [0.25, 0.3) is 0 Å². The number of hydrogen-bond donors (Lipinski definition) is 0. The zero-order valence-corrected chi connectivity index (χ0v) is 10.8. The summed E-state index contributed by atoms with van der Waals surface area (Å²) in [5.74, 6) is 0.967. The minimum absolute atomic E-state index is 0.533. The van der Waals surface area contributed by atoms with Crippen molar-refractivity contribution in [3.63, 3.8) is 0 Å². The average Bonchev–Trinajstić information content (AvgIpc) is 2.38. The van der Waals surface area contributed by atoms with Crippen LogP contribution in [-0.2, 0) is 0 Å². The smallest absolute Gasteiger partial charge is 0.00523 e. The van der Waals surface area contributed by atoms with Crippen LogP contribution in [0.2, 0.25) is 0 Å². The molecule has 0 heterocycles. The molecule has 0 heteroatoms. The summed E-state index contributed by atoms with van der Waals surface area (Å²) in [5, 5.41) is 0. The maximum atomic E-state index is 2.54. The number of rotatable bonds is 4. The van der Waals surface area contributed by atoms with Crippen LogP contribution in [0.4, 0.5) is 0 Å². The molecule has 0 aromatic rings. The van der Waals surface area contributed by atoms with E-state index in [1.807, 2.05) is 0 Å². The zero-order valence-electron chi connectivity index (χ0n) is 10.8. The molecule has 0 saturated heterocycles. The standard InChI is InChI=1S/C16H26/c1-2-3-12-16(13-8-5-9-14-16)15-10-6-4-7-11-15/h5,8-9,13,15H,2-4,6-7,10-12,14H2,1H3. The summed E-state index contributed by atoms with van der Waals surface area (Å²) in [5.41, 5.74) is 0.533. The molecule has 0 spiro atoms. The van der Waals surface area contributed by atoms with Crippen molar-refractivity contribution in [2.75, 3.05) is 0 Å². The van der Waals surface area contributed by atoms with Gasteiger partial charge in [-0.2, -0.15) is 0 Å². The van der Waals surface area contributed by atoms with Gasteiger partial charge in [0.05, 0.1) is 0 Å². The molecule has 2 aliphatic rings. The third-order valence-corrected chi connectivity index (χ3v) is 4.59. The highest BCUT2D eigenvalue weighted by molar-refractivity contribution is 5.18. The van der Waals surface area contributed by atoms with E-state index in [4.69, 9.17) is 0 Å². The minimum Gasteiger partial charge on any atom is -0.0837 e. The topological polar surface area (TPSA) is 0 Å². The van der Waals surface area contributed by atoms with Gasteiger partial charge in [-0.3, -0.25) is 0 Å². The molecule has 1 fully saturated rings. The molecule has 0 nitrogen and oxygen atoms in total. The number of unbranched alkanes of at least 4 members (excludes halogenated alkanes) is 1. The molecule has 0 aromatic carbocycles.